The van der Waals surface area contributed by atoms with E-state index in [4.69, 9.17) is 0 Å². The summed E-state index contributed by atoms with van der Waals surface area (Å²) >= 11 is 0. The molecule has 0 saturated carbocycles. The molecule has 1 aliphatic rings. The molecule has 4 aromatic rings. The Morgan fingerprint density at radius 1 is 0.821 bits per heavy atom. The maximum absolute atomic E-state index is 13.1. The van der Waals surface area contributed by atoms with Gasteiger partial charge >= 0.3 is 12.2 Å². The van der Waals surface area contributed by atoms with E-state index < -0.39 is 11.7 Å². The Morgan fingerprint density at radius 2 is 1.46 bits per heavy atom. The number of alkyl halides is 3. The van der Waals surface area contributed by atoms with Crippen LogP contribution in [0.3, 0.4) is 0 Å². The summed E-state index contributed by atoms with van der Waals surface area (Å²) in [6, 6.07) is 19.4. The normalized spacial score (nSPS) is 13.8. The van der Waals surface area contributed by atoms with Crippen LogP contribution in [-0.2, 0) is 6.18 Å². The van der Waals surface area contributed by atoms with Gasteiger partial charge in [0, 0.05) is 60.4 Å². The van der Waals surface area contributed by atoms with Crippen molar-refractivity contribution < 1.29 is 22.8 Å². The highest BCUT2D eigenvalue weighted by atomic mass is 19.4. The first kappa shape index (κ1) is 26.0. The minimum absolute atomic E-state index is 0.130. The second-order valence-electron chi connectivity index (χ2n) is 9.37. The fraction of sp³-hybridized carbons (Fsp3) is 0.207. The summed E-state index contributed by atoms with van der Waals surface area (Å²) in [5, 5.41) is 6.63. The number of fused-ring (bicyclic) bond motifs is 1. The van der Waals surface area contributed by atoms with Gasteiger partial charge in [-0.15, -0.1) is 0 Å². The van der Waals surface area contributed by atoms with E-state index in [9.17, 15) is 22.8 Å². The summed E-state index contributed by atoms with van der Waals surface area (Å²) in [5.41, 5.74) is 3.10. The van der Waals surface area contributed by atoms with Crippen LogP contribution in [0.2, 0.25) is 0 Å². The number of aromatic nitrogens is 1. The number of nitrogens with one attached hydrogen (secondary N) is 2. The molecule has 0 bridgehead atoms. The third-order valence-corrected chi connectivity index (χ3v) is 6.64. The molecule has 7 nitrogen and oxygen atoms in total. The van der Waals surface area contributed by atoms with Gasteiger partial charge in [0.25, 0.3) is 5.91 Å². The Hall–Kier alpha value is -4.60. The largest absolute Gasteiger partial charge is 0.416 e. The molecule has 1 saturated heterocycles. The number of carbonyl (C=O) groups is 2. The highest BCUT2D eigenvalue weighted by molar-refractivity contribution is 5.96. The molecule has 39 heavy (non-hydrogen) atoms. The van der Waals surface area contributed by atoms with Crippen molar-refractivity contribution in [1.29, 1.82) is 0 Å². The molecule has 1 fully saturated rings. The molecule has 2 heterocycles. The quantitative estimate of drug-likeness (QED) is 0.323. The number of rotatable bonds is 4. The Kier molecular flexibility index (Phi) is 7.10. The van der Waals surface area contributed by atoms with Gasteiger partial charge in [0.05, 0.1) is 11.1 Å². The highest BCUT2D eigenvalue weighted by Crippen LogP contribution is 2.33. The topological polar surface area (TPSA) is 77.6 Å². The predicted molar refractivity (Wildman–Crippen MR) is 144 cm³/mol. The van der Waals surface area contributed by atoms with E-state index in [1.165, 1.54) is 12.3 Å². The Bertz CT molecular complexity index is 1500. The average Bonchev–Trinajstić information content (AvgIpc) is 2.94. The summed E-state index contributed by atoms with van der Waals surface area (Å²) in [7, 11) is 0. The second kappa shape index (κ2) is 10.6. The molecule has 200 valence electrons. The summed E-state index contributed by atoms with van der Waals surface area (Å²) in [4.78, 5) is 33.1. The van der Waals surface area contributed by atoms with E-state index in [2.05, 4.69) is 15.6 Å². The molecule has 1 aliphatic heterocycles. The molecule has 0 atom stereocenters. The second-order valence-corrected chi connectivity index (χ2v) is 9.37. The van der Waals surface area contributed by atoms with Gasteiger partial charge in [-0.2, -0.15) is 13.2 Å². The number of amides is 3. The van der Waals surface area contributed by atoms with Crippen LogP contribution in [0, 0.1) is 6.92 Å². The molecule has 5 rings (SSSR count). The zero-order valence-corrected chi connectivity index (χ0v) is 21.1. The van der Waals surface area contributed by atoms with E-state index in [0.29, 0.717) is 48.5 Å². The maximum atomic E-state index is 13.1. The van der Waals surface area contributed by atoms with Crippen molar-refractivity contribution in [2.45, 2.75) is 13.1 Å². The lowest BCUT2D eigenvalue weighted by Crippen LogP contribution is -2.51. The summed E-state index contributed by atoms with van der Waals surface area (Å²) < 4.78 is 39.2. The van der Waals surface area contributed by atoms with Crippen molar-refractivity contribution in [3.05, 3.63) is 95.7 Å². The Labute approximate surface area is 223 Å². The van der Waals surface area contributed by atoms with Gasteiger partial charge in [-0.05, 0) is 61.5 Å². The lowest BCUT2D eigenvalue weighted by molar-refractivity contribution is -0.137. The van der Waals surface area contributed by atoms with Crippen LogP contribution in [-0.4, -0.2) is 52.9 Å². The number of carbonyl (C=O) groups excluding carboxylic acids is 2. The van der Waals surface area contributed by atoms with E-state index in [1.807, 2.05) is 31.2 Å². The van der Waals surface area contributed by atoms with E-state index in [1.54, 1.807) is 40.1 Å². The zero-order valence-electron chi connectivity index (χ0n) is 21.1. The van der Waals surface area contributed by atoms with Crippen molar-refractivity contribution in [3.8, 4) is 0 Å². The van der Waals surface area contributed by atoms with Crippen molar-refractivity contribution >= 4 is 39.9 Å². The van der Waals surface area contributed by atoms with Crippen molar-refractivity contribution in [2.24, 2.45) is 0 Å². The summed E-state index contributed by atoms with van der Waals surface area (Å²) in [5.74, 6) is -0.130. The van der Waals surface area contributed by atoms with Crippen LogP contribution < -0.4 is 10.6 Å². The first-order valence-corrected chi connectivity index (χ1v) is 12.4. The highest BCUT2D eigenvalue weighted by Gasteiger charge is 2.30. The van der Waals surface area contributed by atoms with Crippen LogP contribution in [0.5, 0.6) is 0 Å². The lowest BCUT2D eigenvalue weighted by atomic mass is 10.1. The van der Waals surface area contributed by atoms with Gasteiger partial charge in [0.1, 0.15) is 0 Å². The molecule has 0 aliphatic carbocycles. The maximum Gasteiger partial charge on any atom is 0.416 e. The number of halogens is 3. The minimum Gasteiger partial charge on any atom is -0.355 e. The van der Waals surface area contributed by atoms with Crippen LogP contribution in [0.1, 0.15) is 21.5 Å². The Balaban J connectivity index is 1.19. The molecule has 0 radical (unpaired) electrons. The minimum atomic E-state index is -4.44. The molecule has 3 aromatic carbocycles. The number of nitrogens with zero attached hydrogens (tertiary/aromatic N) is 3. The van der Waals surface area contributed by atoms with Gasteiger partial charge in [-0.1, -0.05) is 23.8 Å². The molecule has 2 N–H and O–H groups in total. The van der Waals surface area contributed by atoms with Gasteiger partial charge < -0.3 is 20.4 Å². The SMILES string of the molecule is Cc1ccc(NC(=O)N2CCN(C(=O)c3ccc(Nc4ccnc5cc(C(F)(F)F)ccc45)cc3)CC2)cc1. The fourth-order valence-corrected chi connectivity index (χ4v) is 4.42. The third kappa shape index (κ3) is 5.95. The Morgan fingerprint density at radius 3 is 2.13 bits per heavy atom. The van der Waals surface area contributed by atoms with Crippen LogP contribution >= 0.6 is 0 Å². The van der Waals surface area contributed by atoms with Gasteiger partial charge in [0.15, 0.2) is 0 Å². The number of pyridine rings is 1. The van der Waals surface area contributed by atoms with E-state index >= 15 is 0 Å². The number of hydrogen-bond donors (Lipinski definition) is 2. The first-order valence-electron chi connectivity index (χ1n) is 12.4. The van der Waals surface area contributed by atoms with Gasteiger partial charge in [-0.3, -0.25) is 9.78 Å². The fourth-order valence-electron chi connectivity index (χ4n) is 4.42. The molecular formula is C29H26F3N5O2. The molecule has 1 aromatic heterocycles. The molecular weight excluding hydrogens is 507 g/mol. The number of benzene rings is 3. The molecule has 0 spiro atoms. The van der Waals surface area contributed by atoms with Crippen LogP contribution in [0.15, 0.2) is 79.0 Å². The number of aryl methyl sites for hydroxylation is 1. The lowest BCUT2D eigenvalue weighted by Gasteiger charge is -2.34. The van der Waals surface area contributed by atoms with Crippen molar-refractivity contribution in [2.75, 3.05) is 36.8 Å². The molecule has 3 amide bonds. The van der Waals surface area contributed by atoms with Crippen molar-refractivity contribution in [1.82, 2.24) is 14.8 Å². The molecule has 10 heteroatoms. The van der Waals surface area contributed by atoms with E-state index in [0.717, 1.165) is 23.4 Å². The number of piperazine rings is 1. The third-order valence-electron chi connectivity index (χ3n) is 6.64. The van der Waals surface area contributed by atoms with Crippen molar-refractivity contribution in [3.63, 3.8) is 0 Å². The monoisotopic (exact) mass is 533 g/mol. The average molecular weight is 534 g/mol. The first-order chi connectivity index (χ1) is 18.7. The smallest absolute Gasteiger partial charge is 0.355 e. The molecule has 0 unspecified atom stereocenters. The summed E-state index contributed by atoms with van der Waals surface area (Å²) in [6.07, 6.45) is -2.99. The zero-order chi connectivity index (χ0) is 27.6. The van der Waals surface area contributed by atoms with Crippen LogP contribution in [0.25, 0.3) is 10.9 Å². The van der Waals surface area contributed by atoms with Gasteiger partial charge in [-0.25, -0.2) is 4.79 Å². The number of urea groups is 1. The number of hydrogen-bond acceptors (Lipinski definition) is 4. The standard InChI is InChI=1S/C29H26F3N5O2/c1-19-2-7-23(8-3-19)35-28(39)37-16-14-36(15-17-37)27(38)20-4-9-22(10-5-20)34-25-12-13-33-26-18-21(29(30,31)32)6-11-24(25)26/h2-13,18H,14-17H2,1H3,(H,33,34)(H,35,39). The predicted octanol–water partition coefficient (Wildman–Crippen LogP) is 6.30. The summed E-state index contributed by atoms with van der Waals surface area (Å²) in [6.45, 7) is 3.67. The number of anilines is 3. The van der Waals surface area contributed by atoms with Crippen LogP contribution in [0.4, 0.5) is 35.0 Å². The van der Waals surface area contributed by atoms with E-state index in [-0.39, 0.29) is 17.5 Å². The van der Waals surface area contributed by atoms with Gasteiger partial charge in [0.2, 0.25) is 0 Å².